The Hall–Kier alpha value is -2.14. The highest BCUT2D eigenvalue weighted by Gasteiger charge is 2.09. The molecule has 5 heteroatoms. The van der Waals surface area contributed by atoms with Crippen LogP contribution in [0.15, 0.2) is 53.4 Å². The third-order valence-corrected chi connectivity index (χ3v) is 3.49. The quantitative estimate of drug-likeness (QED) is 0.781. The lowest BCUT2D eigenvalue weighted by Crippen LogP contribution is -2.12. The number of aromatic nitrogens is 2. The van der Waals surface area contributed by atoms with Crippen molar-refractivity contribution < 1.29 is 4.79 Å². The van der Waals surface area contributed by atoms with Gasteiger partial charge in [-0.2, -0.15) is 0 Å². The fourth-order valence-corrected chi connectivity index (χ4v) is 2.40. The second-order valence-electron chi connectivity index (χ2n) is 4.58. The predicted octanol–water partition coefficient (Wildman–Crippen LogP) is 3.59. The number of carbonyl (C=O) groups is 1. The van der Waals surface area contributed by atoms with E-state index >= 15 is 0 Å². The highest BCUT2D eigenvalue weighted by atomic mass is 79.9. The molecule has 2 aromatic carbocycles. The topological polar surface area (TPSA) is 46.9 Å². The molecule has 3 aromatic rings. The van der Waals surface area contributed by atoms with E-state index < -0.39 is 0 Å². The van der Waals surface area contributed by atoms with E-state index in [-0.39, 0.29) is 5.91 Å². The Morgan fingerprint density at radius 2 is 1.95 bits per heavy atom. The lowest BCUT2D eigenvalue weighted by atomic mass is 10.1. The van der Waals surface area contributed by atoms with Gasteiger partial charge in [0.25, 0.3) is 5.91 Å². The van der Waals surface area contributed by atoms with E-state index in [0.717, 1.165) is 20.9 Å². The van der Waals surface area contributed by atoms with Crippen molar-refractivity contribution in [2.75, 3.05) is 5.32 Å². The minimum atomic E-state index is -0.206. The summed E-state index contributed by atoms with van der Waals surface area (Å²) in [6.45, 7) is 0. The van der Waals surface area contributed by atoms with Crippen molar-refractivity contribution in [2.24, 2.45) is 7.05 Å². The molecule has 1 aromatic heterocycles. The molecule has 3 rings (SSSR count). The zero-order valence-electron chi connectivity index (χ0n) is 10.8. The van der Waals surface area contributed by atoms with Crippen LogP contribution in [0, 0.1) is 0 Å². The fraction of sp³-hybridized carbons (Fsp3) is 0.0667. The van der Waals surface area contributed by atoms with Crippen LogP contribution >= 0.6 is 15.9 Å². The number of carbonyl (C=O) groups excluding carboxylic acids is 1. The van der Waals surface area contributed by atoms with Gasteiger partial charge in [0.1, 0.15) is 5.69 Å². The second-order valence-corrected chi connectivity index (χ2v) is 5.50. The Labute approximate surface area is 124 Å². The molecule has 0 radical (unpaired) electrons. The zero-order valence-corrected chi connectivity index (χ0v) is 12.4. The van der Waals surface area contributed by atoms with Gasteiger partial charge < -0.3 is 9.88 Å². The molecule has 0 atom stereocenters. The number of hydrogen-bond acceptors (Lipinski definition) is 2. The van der Waals surface area contributed by atoms with Crippen LogP contribution in [0.25, 0.3) is 10.8 Å². The fourth-order valence-electron chi connectivity index (χ4n) is 2.02. The van der Waals surface area contributed by atoms with Gasteiger partial charge in [-0.15, -0.1) is 0 Å². The van der Waals surface area contributed by atoms with Crippen LogP contribution in [-0.2, 0) is 7.05 Å². The summed E-state index contributed by atoms with van der Waals surface area (Å²) in [5.74, 6) is -0.206. The molecule has 0 saturated heterocycles. The molecule has 1 N–H and O–H groups in total. The number of nitrogens with one attached hydrogen (secondary N) is 1. The number of hydrogen-bond donors (Lipinski definition) is 1. The summed E-state index contributed by atoms with van der Waals surface area (Å²) < 4.78 is 2.78. The number of aryl methyl sites for hydroxylation is 1. The first-order chi connectivity index (χ1) is 9.61. The largest absolute Gasteiger partial charge is 0.340 e. The smallest absolute Gasteiger partial charge is 0.275 e. The molecule has 0 spiro atoms. The standard InChI is InChI=1S/C15H12BrN3O/c1-19-8-14(17-9-19)15(20)18-13-5-3-10-6-12(16)4-2-11(10)7-13/h2-9H,1H3,(H,18,20). The number of anilines is 1. The molecule has 0 unspecified atom stereocenters. The SMILES string of the molecule is Cn1cnc(C(=O)Nc2ccc3cc(Br)ccc3c2)c1. The molecule has 4 nitrogen and oxygen atoms in total. The monoisotopic (exact) mass is 329 g/mol. The Morgan fingerprint density at radius 1 is 1.20 bits per heavy atom. The summed E-state index contributed by atoms with van der Waals surface area (Å²) in [6.07, 6.45) is 3.29. The number of benzene rings is 2. The van der Waals surface area contributed by atoms with E-state index in [1.807, 2.05) is 43.4 Å². The molecule has 1 heterocycles. The molecule has 0 aliphatic carbocycles. The summed E-state index contributed by atoms with van der Waals surface area (Å²) in [5.41, 5.74) is 1.17. The van der Waals surface area contributed by atoms with Crippen molar-refractivity contribution in [3.8, 4) is 0 Å². The third kappa shape index (κ3) is 2.58. The van der Waals surface area contributed by atoms with Crippen molar-refractivity contribution in [1.82, 2.24) is 9.55 Å². The van der Waals surface area contributed by atoms with Crippen molar-refractivity contribution in [3.63, 3.8) is 0 Å². The summed E-state index contributed by atoms with van der Waals surface area (Å²) in [7, 11) is 1.83. The number of nitrogens with zero attached hydrogens (tertiary/aromatic N) is 2. The van der Waals surface area contributed by atoms with Crippen LogP contribution in [0.1, 0.15) is 10.5 Å². The maximum absolute atomic E-state index is 12.0. The van der Waals surface area contributed by atoms with Gasteiger partial charge in [-0.1, -0.05) is 28.1 Å². The molecule has 1 amide bonds. The van der Waals surface area contributed by atoms with Gasteiger partial charge in [0.05, 0.1) is 6.33 Å². The van der Waals surface area contributed by atoms with Crippen molar-refractivity contribution in [1.29, 1.82) is 0 Å². The summed E-state index contributed by atoms with van der Waals surface area (Å²) in [4.78, 5) is 16.1. The van der Waals surface area contributed by atoms with E-state index in [0.29, 0.717) is 5.69 Å². The van der Waals surface area contributed by atoms with Crippen LogP contribution in [0.5, 0.6) is 0 Å². The summed E-state index contributed by atoms with van der Waals surface area (Å²) >= 11 is 3.44. The molecule has 0 saturated carbocycles. The molecule has 0 aliphatic heterocycles. The van der Waals surface area contributed by atoms with Gasteiger partial charge in [-0.3, -0.25) is 4.79 Å². The molecule has 0 fully saturated rings. The van der Waals surface area contributed by atoms with Gasteiger partial charge in [-0.05, 0) is 35.0 Å². The first-order valence-corrected chi connectivity index (χ1v) is 6.90. The van der Waals surface area contributed by atoms with E-state index in [1.165, 1.54) is 0 Å². The normalized spacial score (nSPS) is 10.7. The first kappa shape index (κ1) is 12.9. The van der Waals surface area contributed by atoms with Crippen molar-refractivity contribution in [2.45, 2.75) is 0 Å². The maximum atomic E-state index is 12.0. The molecule has 0 aliphatic rings. The van der Waals surface area contributed by atoms with Crippen molar-refractivity contribution in [3.05, 3.63) is 59.1 Å². The van der Waals surface area contributed by atoms with Gasteiger partial charge in [-0.25, -0.2) is 4.98 Å². The van der Waals surface area contributed by atoms with E-state index in [9.17, 15) is 4.79 Å². The van der Waals surface area contributed by atoms with Crippen molar-refractivity contribution >= 4 is 38.3 Å². The Kier molecular flexibility index (Phi) is 3.28. The zero-order chi connectivity index (χ0) is 14.1. The third-order valence-electron chi connectivity index (χ3n) is 3.00. The molecular weight excluding hydrogens is 318 g/mol. The van der Waals surface area contributed by atoms with Gasteiger partial charge in [0.2, 0.25) is 0 Å². The van der Waals surface area contributed by atoms with Crippen LogP contribution < -0.4 is 5.32 Å². The van der Waals surface area contributed by atoms with Crippen LogP contribution in [0.4, 0.5) is 5.69 Å². The summed E-state index contributed by atoms with van der Waals surface area (Å²) in [6, 6.07) is 11.8. The van der Waals surface area contributed by atoms with Gasteiger partial charge in [0.15, 0.2) is 0 Å². The molecule has 0 bridgehead atoms. The average Bonchev–Trinajstić information content (AvgIpc) is 2.86. The van der Waals surface area contributed by atoms with Crippen LogP contribution in [0.2, 0.25) is 0 Å². The predicted molar refractivity (Wildman–Crippen MR) is 82.8 cm³/mol. The Bertz CT molecular complexity index is 795. The number of rotatable bonds is 2. The van der Waals surface area contributed by atoms with E-state index in [4.69, 9.17) is 0 Å². The Balaban J connectivity index is 1.87. The number of imidazole rings is 1. The molecule has 100 valence electrons. The highest BCUT2D eigenvalue weighted by Crippen LogP contribution is 2.23. The lowest BCUT2D eigenvalue weighted by molar-refractivity contribution is 0.102. The lowest BCUT2D eigenvalue weighted by Gasteiger charge is -2.05. The maximum Gasteiger partial charge on any atom is 0.275 e. The average molecular weight is 330 g/mol. The Morgan fingerprint density at radius 3 is 2.70 bits per heavy atom. The van der Waals surface area contributed by atoms with E-state index in [2.05, 4.69) is 26.2 Å². The second kappa shape index (κ2) is 5.09. The van der Waals surface area contributed by atoms with Crippen LogP contribution in [0.3, 0.4) is 0 Å². The van der Waals surface area contributed by atoms with E-state index in [1.54, 1.807) is 17.1 Å². The highest BCUT2D eigenvalue weighted by molar-refractivity contribution is 9.10. The van der Waals surface area contributed by atoms with Gasteiger partial charge in [0, 0.05) is 23.4 Å². The minimum absolute atomic E-state index is 0.206. The minimum Gasteiger partial charge on any atom is -0.340 e. The number of amides is 1. The van der Waals surface area contributed by atoms with Gasteiger partial charge >= 0.3 is 0 Å². The number of fused-ring (bicyclic) bond motifs is 1. The molecular formula is C15H12BrN3O. The first-order valence-electron chi connectivity index (χ1n) is 6.10. The van der Waals surface area contributed by atoms with Crippen LogP contribution in [-0.4, -0.2) is 15.5 Å². The molecule has 20 heavy (non-hydrogen) atoms. The summed E-state index contributed by atoms with van der Waals surface area (Å²) in [5, 5.41) is 5.05. The number of halogens is 1.